The topological polar surface area (TPSA) is 25.2 Å². The van der Waals surface area contributed by atoms with Gasteiger partial charge in [-0.2, -0.15) is 0 Å². The molecule has 2 nitrogen and oxygen atoms in total. The minimum atomic E-state index is 0.0890. The van der Waals surface area contributed by atoms with Crippen LogP contribution in [0.25, 0.3) is 10.9 Å². The van der Waals surface area contributed by atoms with Crippen LogP contribution >= 0.6 is 27.3 Å². The van der Waals surface area contributed by atoms with Gasteiger partial charge in [-0.15, -0.1) is 11.3 Å². The minimum Gasteiger partial charge on any atom is -0.392 e. The molecule has 0 aliphatic heterocycles. The second-order valence-corrected chi connectivity index (χ2v) is 6.75. The lowest BCUT2D eigenvalue weighted by atomic mass is 10.2. The predicted molar refractivity (Wildman–Crippen MR) is 79.0 cm³/mol. The van der Waals surface area contributed by atoms with Crippen molar-refractivity contribution < 1.29 is 5.11 Å². The number of nitrogens with zero attached hydrogens (tertiary/aromatic N) is 1. The van der Waals surface area contributed by atoms with Crippen LogP contribution in [-0.2, 0) is 13.2 Å². The average molecular weight is 322 g/mol. The Morgan fingerprint density at radius 2 is 2.06 bits per heavy atom. The van der Waals surface area contributed by atoms with E-state index in [9.17, 15) is 5.11 Å². The molecule has 0 bridgehead atoms. The van der Waals surface area contributed by atoms with E-state index in [4.69, 9.17) is 0 Å². The largest absolute Gasteiger partial charge is 0.392 e. The van der Waals surface area contributed by atoms with Gasteiger partial charge in [-0.3, -0.25) is 0 Å². The van der Waals surface area contributed by atoms with Gasteiger partial charge < -0.3 is 9.67 Å². The Kier molecular flexibility index (Phi) is 3.24. The Morgan fingerprint density at radius 3 is 2.78 bits per heavy atom. The van der Waals surface area contributed by atoms with E-state index in [1.807, 2.05) is 6.07 Å². The molecule has 18 heavy (non-hydrogen) atoms. The maximum absolute atomic E-state index is 9.21. The van der Waals surface area contributed by atoms with Crippen molar-refractivity contribution >= 4 is 38.2 Å². The van der Waals surface area contributed by atoms with Crippen molar-refractivity contribution in [1.29, 1.82) is 0 Å². The Labute approximate surface area is 118 Å². The summed E-state index contributed by atoms with van der Waals surface area (Å²) in [5, 5.41) is 10.4. The van der Waals surface area contributed by atoms with Gasteiger partial charge in [0.05, 0.1) is 16.9 Å². The normalized spacial score (nSPS) is 11.2. The standard InChI is InChI=1S/C14H12BrNOS/c15-14-4-3-12(18-14)8-16-6-5-11-2-1-10(9-17)7-13(11)16/h1-7,17H,8-9H2. The summed E-state index contributed by atoms with van der Waals surface area (Å²) in [4.78, 5) is 1.31. The summed E-state index contributed by atoms with van der Waals surface area (Å²) < 4.78 is 3.37. The summed E-state index contributed by atoms with van der Waals surface area (Å²) in [6, 6.07) is 12.4. The third-order valence-corrected chi connectivity index (χ3v) is 4.58. The molecule has 92 valence electrons. The fourth-order valence-corrected chi connectivity index (χ4v) is 3.55. The van der Waals surface area contributed by atoms with E-state index in [0.29, 0.717) is 0 Å². The highest BCUT2D eigenvalue weighted by Crippen LogP contribution is 2.25. The number of hydrogen-bond acceptors (Lipinski definition) is 2. The molecular formula is C14H12BrNOS. The van der Waals surface area contributed by atoms with Crippen molar-refractivity contribution in [3.05, 3.63) is 56.8 Å². The third kappa shape index (κ3) is 2.23. The van der Waals surface area contributed by atoms with Crippen LogP contribution in [0.4, 0.5) is 0 Å². The number of aromatic nitrogens is 1. The van der Waals surface area contributed by atoms with Gasteiger partial charge >= 0.3 is 0 Å². The van der Waals surface area contributed by atoms with Crippen LogP contribution in [0, 0.1) is 0 Å². The second kappa shape index (κ2) is 4.88. The molecule has 0 saturated carbocycles. The first-order chi connectivity index (χ1) is 8.76. The highest BCUT2D eigenvalue weighted by atomic mass is 79.9. The quantitative estimate of drug-likeness (QED) is 0.774. The van der Waals surface area contributed by atoms with Gasteiger partial charge in [-0.25, -0.2) is 0 Å². The van der Waals surface area contributed by atoms with E-state index in [1.54, 1.807) is 11.3 Å². The molecule has 0 aliphatic carbocycles. The molecule has 0 saturated heterocycles. The first-order valence-electron chi connectivity index (χ1n) is 5.69. The molecule has 0 atom stereocenters. The van der Waals surface area contributed by atoms with Crippen molar-refractivity contribution in [3.63, 3.8) is 0 Å². The maximum Gasteiger partial charge on any atom is 0.0702 e. The average Bonchev–Trinajstić information content (AvgIpc) is 2.96. The molecular weight excluding hydrogens is 310 g/mol. The summed E-state index contributed by atoms with van der Waals surface area (Å²) in [6.07, 6.45) is 2.10. The van der Waals surface area contributed by atoms with Gasteiger partial charge in [0.1, 0.15) is 0 Å². The Bertz CT molecular complexity index is 686. The van der Waals surface area contributed by atoms with Crippen LogP contribution in [0.2, 0.25) is 0 Å². The highest BCUT2D eigenvalue weighted by Gasteiger charge is 2.04. The lowest BCUT2D eigenvalue weighted by Crippen LogP contribution is -1.96. The number of aliphatic hydroxyl groups excluding tert-OH is 1. The summed E-state index contributed by atoms with van der Waals surface area (Å²) in [5.41, 5.74) is 2.13. The number of benzene rings is 1. The molecule has 0 unspecified atom stereocenters. The van der Waals surface area contributed by atoms with Crippen molar-refractivity contribution in [3.8, 4) is 0 Å². The lowest BCUT2D eigenvalue weighted by Gasteiger charge is -2.04. The van der Waals surface area contributed by atoms with Gasteiger partial charge in [0, 0.05) is 16.6 Å². The molecule has 3 aromatic rings. The second-order valence-electron chi connectivity index (χ2n) is 4.20. The predicted octanol–water partition coefficient (Wildman–Crippen LogP) is 4.01. The highest BCUT2D eigenvalue weighted by molar-refractivity contribution is 9.11. The number of fused-ring (bicyclic) bond motifs is 1. The molecule has 0 amide bonds. The number of aliphatic hydroxyl groups is 1. The van der Waals surface area contributed by atoms with Crippen molar-refractivity contribution in [2.75, 3.05) is 0 Å². The third-order valence-electron chi connectivity index (χ3n) is 2.98. The Hall–Kier alpha value is -1.10. The van der Waals surface area contributed by atoms with Crippen LogP contribution in [0.3, 0.4) is 0 Å². The zero-order chi connectivity index (χ0) is 12.5. The molecule has 2 heterocycles. The Balaban J connectivity index is 2.01. The van der Waals surface area contributed by atoms with Crippen LogP contribution in [-0.4, -0.2) is 9.67 Å². The smallest absolute Gasteiger partial charge is 0.0702 e. The first kappa shape index (κ1) is 12.0. The number of rotatable bonds is 3. The minimum absolute atomic E-state index is 0.0890. The molecule has 1 aromatic carbocycles. The Morgan fingerprint density at radius 1 is 1.17 bits per heavy atom. The van der Waals surface area contributed by atoms with Crippen molar-refractivity contribution in [1.82, 2.24) is 4.57 Å². The summed E-state index contributed by atoms with van der Waals surface area (Å²) in [5.74, 6) is 0. The van der Waals surface area contributed by atoms with E-state index < -0.39 is 0 Å². The molecule has 4 heteroatoms. The van der Waals surface area contributed by atoms with Gasteiger partial charge in [-0.1, -0.05) is 12.1 Å². The monoisotopic (exact) mass is 321 g/mol. The molecule has 2 aromatic heterocycles. The van der Waals surface area contributed by atoms with Gasteiger partial charge in [0.2, 0.25) is 0 Å². The lowest BCUT2D eigenvalue weighted by molar-refractivity contribution is 0.282. The number of thiophene rings is 1. The van der Waals surface area contributed by atoms with E-state index >= 15 is 0 Å². The van der Waals surface area contributed by atoms with E-state index in [-0.39, 0.29) is 6.61 Å². The van der Waals surface area contributed by atoms with Crippen LogP contribution in [0.1, 0.15) is 10.4 Å². The summed E-state index contributed by atoms with van der Waals surface area (Å²) in [6.45, 7) is 0.959. The van der Waals surface area contributed by atoms with Crippen LogP contribution < -0.4 is 0 Å². The first-order valence-corrected chi connectivity index (χ1v) is 7.30. The van der Waals surface area contributed by atoms with Gasteiger partial charge in [0.25, 0.3) is 0 Å². The van der Waals surface area contributed by atoms with Crippen molar-refractivity contribution in [2.45, 2.75) is 13.2 Å². The molecule has 0 radical (unpaired) electrons. The van der Waals surface area contributed by atoms with Gasteiger partial charge in [0.15, 0.2) is 0 Å². The fraction of sp³-hybridized carbons (Fsp3) is 0.143. The fourth-order valence-electron chi connectivity index (χ4n) is 2.07. The summed E-state index contributed by atoms with van der Waals surface area (Å²) >= 11 is 5.24. The molecule has 0 spiro atoms. The zero-order valence-corrected chi connectivity index (χ0v) is 12.0. The van der Waals surface area contributed by atoms with Gasteiger partial charge in [-0.05, 0) is 51.1 Å². The SMILES string of the molecule is OCc1ccc2ccn(Cc3ccc(Br)s3)c2c1. The maximum atomic E-state index is 9.21. The van der Waals surface area contributed by atoms with Crippen LogP contribution in [0.5, 0.6) is 0 Å². The molecule has 0 aliphatic rings. The number of halogens is 1. The van der Waals surface area contributed by atoms with E-state index in [0.717, 1.165) is 15.9 Å². The van der Waals surface area contributed by atoms with E-state index in [1.165, 1.54) is 15.8 Å². The number of hydrogen-bond donors (Lipinski definition) is 1. The van der Waals surface area contributed by atoms with E-state index in [2.05, 4.69) is 57.0 Å². The molecule has 3 rings (SSSR count). The zero-order valence-electron chi connectivity index (χ0n) is 9.64. The van der Waals surface area contributed by atoms with Crippen LogP contribution in [0.15, 0.2) is 46.4 Å². The molecule has 0 fully saturated rings. The van der Waals surface area contributed by atoms with Crippen molar-refractivity contribution in [2.24, 2.45) is 0 Å². The summed E-state index contributed by atoms with van der Waals surface area (Å²) in [7, 11) is 0. The molecule has 1 N–H and O–H groups in total.